The first-order chi connectivity index (χ1) is 29.4. The third-order valence-electron chi connectivity index (χ3n) is 10.8. The molecule has 0 aromatic heterocycles. The zero-order chi connectivity index (χ0) is 46.4. The van der Waals surface area contributed by atoms with Crippen molar-refractivity contribution in [1.29, 1.82) is 0 Å². The standard InChI is InChI=1S/C26H36N2O6S.C21H28N2O4S.ClH/c1-7-35(31,32)27-19-13-14-20-21(17-19)33-26(5,6)23(29)22(20)28(24(30)34-25(2,3)4)16-15-18-11-9-8-10-12-18;1-4-28(25,26)23-16-10-11-17-18(14-16)27-21(2,3)20(24)19(17)22-13-12-15-8-6-5-7-9-15;/h8-14,17,22-23,27,29H,7,15-16H2,1-6H3;5-11,14,19-20,22-24H,4,12-13H2,1-3H3;1H/t22-,23+;19-,20+;/m00./s1. The molecule has 0 unspecified atom stereocenters. The minimum absolute atomic E-state index is 0. The number of anilines is 2. The van der Waals surface area contributed by atoms with Gasteiger partial charge in [-0.1, -0.05) is 72.8 Å². The Bertz CT molecular complexity index is 2400. The number of ether oxygens (including phenoxy) is 3. The fraction of sp³-hybridized carbons (Fsp3) is 0.468. The lowest BCUT2D eigenvalue weighted by Crippen LogP contribution is -2.55. The second kappa shape index (κ2) is 21.2. The average Bonchev–Trinajstić information content (AvgIpc) is 3.20. The van der Waals surface area contributed by atoms with Crippen LogP contribution in [0, 0.1) is 0 Å². The summed E-state index contributed by atoms with van der Waals surface area (Å²) < 4.78 is 70.7. The summed E-state index contributed by atoms with van der Waals surface area (Å²) in [5, 5.41) is 25.6. The predicted molar refractivity (Wildman–Crippen MR) is 254 cm³/mol. The number of benzene rings is 4. The molecule has 4 aromatic carbocycles. The first kappa shape index (κ1) is 52.0. The van der Waals surface area contributed by atoms with Crippen LogP contribution in [-0.2, 0) is 37.6 Å². The van der Waals surface area contributed by atoms with Crippen LogP contribution in [0.15, 0.2) is 97.1 Å². The summed E-state index contributed by atoms with van der Waals surface area (Å²) in [6.07, 6.45) is -0.939. The Balaban J connectivity index is 0.000000283. The number of aliphatic hydroxyl groups is 2. The van der Waals surface area contributed by atoms with Gasteiger partial charge in [0.1, 0.15) is 40.5 Å². The van der Waals surface area contributed by atoms with E-state index in [0.717, 1.165) is 17.5 Å². The number of hydrogen-bond donors (Lipinski definition) is 5. The smallest absolute Gasteiger partial charge is 0.410 e. The van der Waals surface area contributed by atoms with Crippen molar-refractivity contribution in [3.8, 4) is 11.5 Å². The summed E-state index contributed by atoms with van der Waals surface area (Å²) in [5.41, 5.74) is 1.90. The summed E-state index contributed by atoms with van der Waals surface area (Å²) in [5.74, 6) is 0.904. The van der Waals surface area contributed by atoms with Crippen LogP contribution in [0.1, 0.15) is 96.7 Å². The highest BCUT2D eigenvalue weighted by Crippen LogP contribution is 2.45. The van der Waals surface area contributed by atoms with Gasteiger partial charge in [0.15, 0.2) is 0 Å². The second-order valence-corrected chi connectivity index (χ2v) is 21.9. The molecule has 0 saturated heterocycles. The Morgan fingerprint density at radius 2 is 1.16 bits per heavy atom. The molecule has 0 radical (unpaired) electrons. The van der Waals surface area contributed by atoms with Gasteiger partial charge in [-0.2, -0.15) is 0 Å². The molecular weight excluding hydrogens is 880 g/mol. The van der Waals surface area contributed by atoms with Crippen LogP contribution in [0.2, 0.25) is 0 Å². The molecule has 2 heterocycles. The summed E-state index contributed by atoms with van der Waals surface area (Å²) in [7, 11) is -6.85. The van der Waals surface area contributed by atoms with Crippen molar-refractivity contribution in [2.45, 2.75) is 116 Å². The minimum atomic E-state index is -3.48. The molecule has 0 aliphatic carbocycles. The molecule has 2 aliphatic heterocycles. The molecule has 0 spiro atoms. The topological polar surface area (TPSA) is 193 Å². The molecular formula is C47H65ClN4O10S2. The van der Waals surface area contributed by atoms with Gasteiger partial charge < -0.3 is 29.7 Å². The van der Waals surface area contributed by atoms with Crippen molar-refractivity contribution in [3.05, 3.63) is 119 Å². The van der Waals surface area contributed by atoms with E-state index < -0.39 is 61.2 Å². The van der Waals surface area contributed by atoms with Crippen LogP contribution < -0.4 is 24.2 Å². The first-order valence-electron chi connectivity index (χ1n) is 21.3. The summed E-state index contributed by atoms with van der Waals surface area (Å²) in [6.45, 7) is 16.7. The predicted octanol–water partition coefficient (Wildman–Crippen LogP) is 7.78. The number of halogens is 1. The highest BCUT2D eigenvalue weighted by Gasteiger charge is 2.48. The van der Waals surface area contributed by atoms with Crippen molar-refractivity contribution in [3.63, 3.8) is 0 Å². The first-order valence-corrected chi connectivity index (χ1v) is 24.6. The summed E-state index contributed by atoms with van der Waals surface area (Å²) >= 11 is 0. The fourth-order valence-corrected chi connectivity index (χ4v) is 8.58. The molecule has 4 aromatic rings. The maximum atomic E-state index is 13.4. The fourth-order valence-electron chi connectivity index (χ4n) is 7.32. The number of carbonyl (C=O) groups excluding carboxylic acids is 1. The van der Waals surface area contributed by atoms with E-state index in [9.17, 15) is 31.8 Å². The van der Waals surface area contributed by atoms with Crippen molar-refractivity contribution in [2.75, 3.05) is 34.0 Å². The molecule has 64 heavy (non-hydrogen) atoms. The maximum absolute atomic E-state index is 13.4. The zero-order valence-electron chi connectivity index (χ0n) is 38.1. The molecule has 1 amide bonds. The highest BCUT2D eigenvalue weighted by molar-refractivity contribution is 7.92. The van der Waals surface area contributed by atoms with Crippen LogP contribution in [0.4, 0.5) is 16.2 Å². The monoisotopic (exact) mass is 944 g/mol. The highest BCUT2D eigenvalue weighted by atomic mass is 35.5. The van der Waals surface area contributed by atoms with Gasteiger partial charge in [-0.05, 0) is 105 Å². The average molecular weight is 946 g/mol. The van der Waals surface area contributed by atoms with Gasteiger partial charge in [-0.15, -0.1) is 12.4 Å². The number of nitrogens with zero attached hydrogens (tertiary/aromatic N) is 1. The molecule has 17 heteroatoms. The van der Waals surface area contributed by atoms with Crippen LogP contribution >= 0.6 is 12.4 Å². The van der Waals surface area contributed by atoms with E-state index in [1.807, 2.05) is 68.4 Å². The Morgan fingerprint density at radius 3 is 1.64 bits per heavy atom. The molecule has 6 rings (SSSR count). The molecule has 0 bridgehead atoms. The number of fused-ring (bicyclic) bond motifs is 2. The minimum Gasteiger partial charge on any atom is -0.485 e. The number of sulfonamides is 2. The Kier molecular flexibility index (Phi) is 17.2. The van der Waals surface area contributed by atoms with Crippen LogP contribution in [0.5, 0.6) is 11.5 Å². The number of aliphatic hydroxyl groups excluding tert-OH is 2. The molecule has 0 fully saturated rings. The number of carbonyl (C=O) groups is 1. The van der Waals surface area contributed by atoms with Gasteiger partial charge in [-0.3, -0.25) is 14.3 Å². The lowest BCUT2D eigenvalue weighted by molar-refractivity contribution is -0.0937. The van der Waals surface area contributed by atoms with E-state index in [1.165, 1.54) is 5.56 Å². The quantitative estimate of drug-likeness (QED) is 0.0830. The largest absolute Gasteiger partial charge is 0.485 e. The third kappa shape index (κ3) is 13.7. The molecule has 0 saturated carbocycles. The van der Waals surface area contributed by atoms with Gasteiger partial charge in [0.25, 0.3) is 0 Å². The van der Waals surface area contributed by atoms with E-state index in [1.54, 1.807) is 83.7 Å². The lowest BCUT2D eigenvalue weighted by atomic mass is 9.85. The third-order valence-corrected chi connectivity index (χ3v) is 13.5. The molecule has 352 valence electrons. The normalized spacial score (nSPS) is 19.7. The van der Waals surface area contributed by atoms with Crippen LogP contribution in [0.25, 0.3) is 0 Å². The zero-order valence-corrected chi connectivity index (χ0v) is 40.6. The molecule has 5 N–H and O–H groups in total. The maximum Gasteiger partial charge on any atom is 0.410 e. The van der Waals surface area contributed by atoms with E-state index in [2.05, 4.69) is 26.9 Å². The van der Waals surface area contributed by atoms with Crippen molar-refractivity contribution < 1.29 is 46.1 Å². The summed E-state index contributed by atoms with van der Waals surface area (Å²) in [4.78, 5) is 14.9. The van der Waals surface area contributed by atoms with Crippen molar-refractivity contribution in [1.82, 2.24) is 10.2 Å². The second-order valence-electron chi connectivity index (χ2n) is 17.8. The Labute approximate surface area is 385 Å². The number of nitrogens with one attached hydrogen (secondary N) is 3. The van der Waals surface area contributed by atoms with E-state index >= 15 is 0 Å². The van der Waals surface area contributed by atoms with Crippen molar-refractivity contribution >= 4 is 49.9 Å². The Morgan fingerprint density at radius 1 is 0.703 bits per heavy atom. The molecule has 14 nitrogen and oxygen atoms in total. The molecule has 2 aliphatic rings. The van der Waals surface area contributed by atoms with Gasteiger partial charge >= 0.3 is 6.09 Å². The van der Waals surface area contributed by atoms with E-state index in [0.29, 0.717) is 47.9 Å². The SMILES string of the molecule is CCS(=O)(=O)Nc1ccc2c(c1)OC(C)(C)[C@H](O)[C@H]2N(CCc1ccccc1)C(=O)OC(C)(C)C.CCS(=O)(=O)Nc1ccc2c(c1)OC(C)(C)[C@H](O)[C@H]2NCCc1ccccc1.Cl. The summed E-state index contributed by atoms with van der Waals surface area (Å²) in [6, 6.07) is 28.9. The number of amides is 1. The number of rotatable bonds is 14. The van der Waals surface area contributed by atoms with E-state index in [-0.39, 0.29) is 30.0 Å². The van der Waals surface area contributed by atoms with Gasteiger partial charge in [0, 0.05) is 29.8 Å². The van der Waals surface area contributed by atoms with Gasteiger partial charge in [-0.25, -0.2) is 21.6 Å². The Hall–Kier alpha value is -4.58. The van der Waals surface area contributed by atoms with Crippen LogP contribution in [-0.4, -0.2) is 91.6 Å². The van der Waals surface area contributed by atoms with E-state index in [4.69, 9.17) is 14.2 Å². The molecule has 4 atom stereocenters. The lowest BCUT2D eigenvalue weighted by Gasteiger charge is -2.46. The number of hydrogen-bond acceptors (Lipinski definition) is 11. The van der Waals surface area contributed by atoms with Gasteiger partial charge in [0.2, 0.25) is 20.0 Å². The van der Waals surface area contributed by atoms with Gasteiger partial charge in [0.05, 0.1) is 35.0 Å². The van der Waals surface area contributed by atoms with Crippen LogP contribution in [0.3, 0.4) is 0 Å². The van der Waals surface area contributed by atoms with Crippen molar-refractivity contribution in [2.24, 2.45) is 0 Å².